The van der Waals surface area contributed by atoms with E-state index in [1.54, 1.807) is 6.08 Å². The smallest absolute Gasteiger partial charge is 0.105 e. The van der Waals surface area contributed by atoms with Crippen molar-refractivity contribution in [3.05, 3.63) is 82.9 Å². The maximum absolute atomic E-state index is 11.0. The van der Waals surface area contributed by atoms with Gasteiger partial charge < -0.3 is 10.4 Å². The van der Waals surface area contributed by atoms with Gasteiger partial charge in [-0.2, -0.15) is 0 Å². The zero-order valence-corrected chi connectivity index (χ0v) is 14.4. The van der Waals surface area contributed by atoms with Crippen LogP contribution in [0.15, 0.2) is 71.7 Å². The Morgan fingerprint density at radius 1 is 1.18 bits per heavy atom. The minimum Gasteiger partial charge on any atom is -0.384 e. The van der Waals surface area contributed by atoms with Crippen molar-refractivity contribution in [3.8, 4) is 0 Å². The summed E-state index contributed by atoms with van der Waals surface area (Å²) in [6.07, 6.45) is 2.27. The zero-order chi connectivity index (χ0) is 16.0. The van der Waals surface area contributed by atoms with Crippen LogP contribution in [-0.4, -0.2) is 11.7 Å². The molecule has 3 heteroatoms. The number of nitrogens with one attached hydrogen (secondary N) is 1. The highest BCUT2D eigenvalue weighted by Crippen LogP contribution is 2.26. The van der Waals surface area contributed by atoms with Crippen LogP contribution in [0.1, 0.15) is 30.5 Å². The molecule has 0 aromatic heterocycles. The van der Waals surface area contributed by atoms with Gasteiger partial charge in [0, 0.05) is 17.1 Å². The monoisotopic (exact) mass is 359 g/mol. The van der Waals surface area contributed by atoms with Crippen LogP contribution in [0, 0.1) is 0 Å². The van der Waals surface area contributed by atoms with E-state index in [0.717, 1.165) is 10.0 Å². The molecule has 22 heavy (non-hydrogen) atoms. The molecule has 2 atom stereocenters. The van der Waals surface area contributed by atoms with Gasteiger partial charge in [-0.15, -0.1) is 6.58 Å². The highest BCUT2D eigenvalue weighted by Gasteiger charge is 2.28. The number of hydrogen-bond donors (Lipinski definition) is 2. The first-order valence-electron chi connectivity index (χ1n) is 7.43. The van der Waals surface area contributed by atoms with Gasteiger partial charge in [0.25, 0.3) is 0 Å². The summed E-state index contributed by atoms with van der Waals surface area (Å²) in [4.78, 5) is 0. The van der Waals surface area contributed by atoms with Crippen LogP contribution in [0.4, 0.5) is 0 Å². The molecule has 2 aromatic carbocycles. The maximum Gasteiger partial charge on any atom is 0.105 e. The van der Waals surface area contributed by atoms with Crippen LogP contribution in [-0.2, 0) is 5.60 Å². The molecule has 0 heterocycles. The maximum atomic E-state index is 11.0. The highest BCUT2D eigenvalue weighted by atomic mass is 79.9. The molecule has 2 N–H and O–H groups in total. The van der Waals surface area contributed by atoms with Crippen LogP contribution >= 0.6 is 15.9 Å². The van der Waals surface area contributed by atoms with Crippen LogP contribution in [0.25, 0.3) is 0 Å². The van der Waals surface area contributed by atoms with E-state index in [-0.39, 0.29) is 6.04 Å². The second-order valence-electron chi connectivity index (χ2n) is 5.54. The van der Waals surface area contributed by atoms with Gasteiger partial charge in [0.05, 0.1) is 0 Å². The Morgan fingerprint density at radius 3 is 2.41 bits per heavy atom. The second-order valence-corrected chi connectivity index (χ2v) is 6.46. The van der Waals surface area contributed by atoms with Crippen LogP contribution in [0.2, 0.25) is 0 Å². The Labute approximate surface area is 141 Å². The first-order chi connectivity index (χ1) is 10.5. The minimum absolute atomic E-state index is 0.160. The Balaban J connectivity index is 2.08. The summed E-state index contributed by atoms with van der Waals surface area (Å²) in [5.74, 6) is 0. The molecule has 0 aliphatic heterocycles. The van der Waals surface area contributed by atoms with E-state index in [4.69, 9.17) is 0 Å². The van der Waals surface area contributed by atoms with Crippen molar-refractivity contribution >= 4 is 15.9 Å². The van der Waals surface area contributed by atoms with Crippen molar-refractivity contribution < 1.29 is 5.11 Å². The van der Waals surface area contributed by atoms with Crippen molar-refractivity contribution in [2.24, 2.45) is 0 Å². The molecule has 116 valence electrons. The number of hydrogen-bond acceptors (Lipinski definition) is 2. The quantitative estimate of drug-likeness (QED) is 0.710. The molecule has 2 nitrogen and oxygen atoms in total. The lowest BCUT2D eigenvalue weighted by molar-refractivity contribution is 0.0374. The molecular weight excluding hydrogens is 338 g/mol. The van der Waals surface area contributed by atoms with Gasteiger partial charge in [-0.3, -0.25) is 0 Å². The predicted octanol–water partition coefficient (Wildman–Crippen LogP) is 4.56. The molecule has 0 bridgehead atoms. The largest absolute Gasteiger partial charge is 0.384 e. The zero-order valence-electron chi connectivity index (χ0n) is 12.8. The molecule has 2 rings (SSSR count). The Bertz CT molecular complexity index is 597. The summed E-state index contributed by atoms with van der Waals surface area (Å²) < 4.78 is 1.07. The van der Waals surface area contributed by atoms with Gasteiger partial charge in [-0.25, -0.2) is 0 Å². The van der Waals surface area contributed by atoms with Gasteiger partial charge in [0.1, 0.15) is 5.60 Å². The average molecular weight is 360 g/mol. The molecule has 0 aliphatic rings. The van der Waals surface area contributed by atoms with Gasteiger partial charge in [-0.05, 0) is 36.6 Å². The number of halogens is 1. The van der Waals surface area contributed by atoms with Crippen molar-refractivity contribution in [3.63, 3.8) is 0 Å². The number of rotatable bonds is 7. The van der Waals surface area contributed by atoms with Gasteiger partial charge in [0.15, 0.2) is 0 Å². The lowest BCUT2D eigenvalue weighted by Gasteiger charge is -2.30. The van der Waals surface area contributed by atoms with Crippen molar-refractivity contribution in [2.45, 2.75) is 25.0 Å². The van der Waals surface area contributed by atoms with E-state index in [1.165, 1.54) is 5.56 Å². The Kier molecular flexibility index (Phi) is 5.95. The number of benzene rings is 2. The fourth-order valence-corrected chi connectivity index (χ4v) is 2.73. The highest BCUT2D eigenvalue weighted by molar-refractivity contribution is 9.10. The third kappa shape index (κ3) is 4.29. The van der Waals surface area contributed by atoms with E-state index in [9.17, 15) is 5.11 Å². The summed E-state index contributed by atoms with van der Waals surface area (Å²) in [5, 5.41) is 14.4. The van der Waals surface area contributed by atoms with E-state index in [0.29, 0.717) is 13.0 Å². The summed E-state index contributed by atoms with van der Waals surface area (Å²) in [7, 11) is 0. The van der Waals surface area contributed by atoms with Crippen LogP contribution < -0.4 is 5.32 Å². The van der Waals surface area contributed by atoms with E-state index in [1.807, 2.05) is 42.5 Å². The predicted molar refractivity (Wildman–Crippen MR) is 95.7 cm³/mol. The molecule has 1 unspecified atom stereocenters. The average Bonchev–Trinajstić information content (AvgIpc) is 2.54. The number of aliphatic hydroxyl groups is 1. The first kappa shape index (κ1) is 16.9. The molecule has 0 radical (unpaired) electrons. The van der Waals surface area contributed by atoms with Crippen molar-refractivity contribution in [1.82, 2.24) is 5.32 Å². The molecule has 0 saturated heterocycles. The second kappa shape index (κ2) is 7.73. The third-order valence-corrected chi connectivity index (χ3v) is 4.39. The standard InChI is InChI=1S/C19H22BrNO/c1-3-13-19(22,17-7-5-4-6-8-17)14-21-15(2)16-9-11-18(20)12-10-16/h3-12,15,21-22H,1,13-14H2,2H3/t15-,19?/m0/s1. The summed E-state index contributed by atoms with van der Waals surface area (Å²) in [6.45, 7) is 6.35. The summed E-state index contributed by atoms with van der Waals surface area (Å²) in [5.41, 5.74) is 1.16. The van der Waals surface area contributed by atoms with Gasteiger partial charge >= 0.3 is 0 Å². The van der Waals surface area contributed by atoms with E-state index < -0.39 is 5.60 Å². The fraction of sp³-hybridized carbons (Fsp3) is 0.263. The molecular formula is C19H22BrNO. The van der Waals surface area contributed by atoms with Gasteiger partial charge in [0.2, 0.25) is 0 Å². The Morgan fingerprint density at radius 2 is 1.82 bits per heavy atom. The topological polar surface area (TPSA) is 32.3 Å². The molecule has 0 spiro atoms. The molecule has 0 aliphatic carbocycles. The van der Waals surface area contributed by atoms with Crippen molar-refractivity contribution in [1.29, 1.82) is 0 Å². The van der Waals surface area contributed by atoms with E-state index in [2.05, 4.69) is 46.9 Å². The van der Waals surface area contributed by atoms with E-state index >= 15 is 0 Å². The lowest BCUT2D eigenvalue weighted by Crippen LogP contribution is -2.38. The first-order valence-corrected chi connectivity index (χ1v) is 8.22. The summed E-state index contributed by atoms with van der Waals surface area (Å²) in [6, 6.07) is 18.1. The molecule has 2 aromatic rings. The third-order valence-electron chi connectivity index (χ3n) is 3.86. The lowest BCUT2D eigenvalue weighted by atomic mass is 9.90. The van der Waals surface area contributed by atoms with Gasteiger partial charge in [-0.1, -0.05) is 64.5 Å². The fourth-order valence-electron chi connectivity index (χ4n) is 2.47. The SMILES string of the molecule is C=CCC(O)(CN[C@@H](C)c1ccc(Br)cc1)c1ccccc1. The molecule has 0 saturated carbocycles. The van der Waals surface area contributed by atoms with Crippen LogP contribution in [0.3, 0.4) is 0 Å². The normalized spacial score (nSPS) is 15.0. The molecule has 0 amide bonds. The van der Waals surface area contributed by atoms with Crippen LogP contribution in [0.5, 0.6) is 0 Å². The summed E-state index contributed by atoms with van der Waals surface area (Å²) >= 11 is 3.44. The van der Waals surface area contributed by atoms with Crippen molar-refractivity contribution in [2.75, 3.05) is 6.54 Å². The molecule has 0 fully saturated rings. The minimum atomic E-state index is -0.938. The Hall–Kier alpha value is -1.42.